The average Bonchev–Trinajstić information content (AvgIpc) is 2.23. The normalized spacial score (nSPS) is 10.2. The van der Waals surface area contributed by atoms with Gasteiger partial charge in [-0.15, -0.1) is 0 Å². The summed E-state index contributed by atoms with van der Waals surface area (Å²) in [7, 11) is 1.28. The van der Waals surface area contributed by atoms with E-state index in [1.54, 1.807) is 0 Å². The number of esters is 1. The van der Waals surface area contributed by atoms with Gasteiger partial charge in [0.25, 0.3) is 0 Å². The Hall–Kier alpha value is -0.170. The van der Waals surface area contributed by atoms with Crippen LogP contribution < -0.4 is 0 Å². The van der Waals surface area contributed by atoms with Gasteiger partial charge in [0.05, 0.1) is 17.1 Å². The summed E-state index contributed by atoms with van der Waals surface area (Å²) in [5, 5.41) is 0. The molecule has 0 aliphatic carbocycles. The highest BCUT2D eigenvalue weighted by molar-refractivity contribution is 14.1. The highest BCUT2D eigenvalue weighted by Crippen LogP contribution is 2.29. The number of carbonyl (C=O) groups is 1. The zero-order valence-corrected chi connectivity index (χ0v) is 12.0. The molecule has 1 rings (SSSR count). The van der Waals surface area contributed by atoms with Gasteiger partial charge in [0.2, 0.25) is 0 Å². The van der Waals surface area contributed by atoms with Crippen molar-refractivity contribution in [1.82, 2.24) is 0 Å². The molecule has 0 aromatic heterocycles. The molecular weight excluding hydrogens is 378 g/mol. The first-order valence-corrected chi connectivity index (χ1v) is 6.14. The number of carbonyl (C=O) groups excluding carboxylic acids is 1. The molecule has 5 heteroatoms. The lowest BCUT2D eigenvalue weighted by atomic mass is 10.1. The monoisotopic (exact) mass is 386 g/mol. The largest absolute Gasteiger partial charge is 0.465 e. The van der Waals surface area contributed by atoms with Crippen LogP contribution in [0.15, 0.2) is 10.5 Å². The van der Waals surface area contributed by atoms with E-state index in [0.717, 1.165) is 9.13 Å². The van der Waals surface area contributed by atoms with Crippen LogP contribution in [0.25, 0.3) is 0 Å². The van der Waals surface area contributed by atoms with Crippen LogP contribution in [0.1, 0.15) is 22.8 Å². The molecule has 0 atom stereocenters. The second kappa shape index (κ2) is 5.25. The van der Waals surface area contributed by atoms with Gasteiger partial charge in [0.15, 0.2) is 0 Å². The molecule has 0 N–H and O–H groups in total. The van der Waals surface area contributed by atoms with Gasteiger partial charge in [-0.3, -0.25) is 0 Å². The Morgan fingerprint density at radius 2 is 2.27 bits per heavy atom. The summed E-state index contributed by atoms with van der Waals surface area (Å²) in [5.74, 6) is -0.951. The zero-order chi connectivity index (χ0) is 11.6. The minimum atomic E-state index is -0.513. The topological polar surface area (TPSA) is 26.3 Å². The summed E-state index contributed by atoms with van der Waals surface area (Å²) in [6, 6.07) is 1.19. The highest BCUT2D eigenvalue weighted by atomic mass is 127. The van der Waals surface area contributed by atoms with E-state index in [-0.39, 0.29) is 5.56 Å². The molecule has 0 unspecified atom stereocenters. The summed E-state index contributed by atoms with van der Waals surface area (Å²) in [5.41, 5.74) is 1.06. The van der Waals surface area contributed by atoms with Crippen LogP contribution in [0.2, 0.25) is 0 Å². The molecule has 0 spiro atoms. The fraction of sp³-hybridized carbons (Fsp3) is 0.300. The minimum absolute atomic E-state index is 0.274. The maximum absolute atomic E-state index is 13.4. The van der Waals surface area contributed by atoms with Gasteiger partial charge in [-0.2, -0.15) is 0 Å². The number of methoxy groups -OCH3 is 1. The predicted octanol–water partition coefficient (Wildman–Crippen LogP) is 3.54. The van der Waals surface area contributed by atoms with Gasteiger partial charge in [0.1, 0.15) is 5.82 Å². The van der Waals surface area contributed by atoms with Crippen molar-refractivity contribution in [2.24, 2.45) is 0 Å². The number of ether oxygens (including phenoxy) is 1. The molecule has 0 radical (unpaired) electrons. The first-order chi connectivity index (χ1) is 7.02. The van der Waals surface area contributed by atoms with E-state index in [4.69, 9.17) is 0 Å². The Bertz CT molecular complexity index is 407. The molecule has 82 valence electrons. The van der Waals surface area contributed by atoms with E-state index in [1.807, 2.05) is 29.5 Å². The zero-order valence-electron chi connectivity index (χ0n) is 8.23. The maximum atomic E-state index is 13.4. The molecule has 0 bridgehead atoms. The number of rotatable bonds is 2. The van der Waals surface area contributed by atoms with Crippen molar-refractivity contribution in [3.8, 4) is 0 Å². The fourth-order valence-electron chi connectivity index (χ4n) is 1.23. The van der Waals surface area contributed by atoms with E-state index < -0.39 is 11.8 Å². The Morgan fingerprint density at radius 3 is 2.73 bits per heavy atom. The fourth-order valence-corrected chi connectivity index (χ4v) is 3.22. The number of halogens is 3. The molecule has 1 aromatic carbocycles. The quantitative estimate of drug-likeness (QED) is 0.441. The highest BCUT2D eigenvalue weighted by Gasteiger charge is 2.18. The molecule has 0 heterocycles. The molecule has 2 nitrogen and oxygen atoms in total. The smallest absolute Gasteiger partial charge is 0.339 e. The maximum Gasteiger partial charge on any atom is 0.339 e. The standard InChI is InChI=1S/C10H9BrFIO2/c1-3-5-8(11)7(12)4-6(9(5)13)10(14)15-2/h4H,3H2,1-2H3. The van der Waals surface area contributed by atoms with Gasteiger partial charge in [0, 0.05) is 3.57 Å². The van der Waals surface area contributed by atoms with Crippen LogP contribution in [0, 0.1) is 9.39 Å². The molecule has 1 aromatic rings. The van der Waals surface area contributed by atoms with Crippen molar-refractivity contribution in [3.63, 3.8) is 0 Å². The molecule has 0 amide bonds. The van der Waals surface area contributed by atoms with E-state index in [1.165, 1.54) is 13.2 Å². The second-order valence-corrected chi connectivity index (χ2v) is 4.73. The van der Waals surface area contributed by atoms with Crippen molar-refractivity contribution >= 4 is 44.5 Å². The van der Waals surface area contributed by atoms with Gasteiger partial charge < -0.3 is 4.74 Å². The van der Waals surface area contributed by atoms with Crippen LogP contribution >= 0.6 is 38.5 Å². The van der Waals surface area contributed by atoms with Crippen LogP contribution in [0.4, 0.5) is 4.39 Å². The van der Waals surface area contributed by atoms with Gasteiger partial charge >= 0.3 is 5.97 Å². The Kier molecular flexibility index (Phi) is 4.51. The first kappa shape index (κ1) is 12.9. The minimum Gasteiger partial charge on any atom is -0.465 e. The summed E-state index contributed by atoms with van der Waals surface area (Å²) >= 11 is 5.19. The van der Waals surface area contributed by atoms with Crippen LogP contribution in [-0.2, 0) is 11.2 Å². The average molecular weight is 387 g/mol. The molecule has 0 aliphatic heterocycles. The van der Waals surface area contributed by atoms with Crippen molar-refractivity contribution in [1.29, 1.82) is 0 Å². The van der Waals surface area contributed by atoms with Gasteiger partial charge in [-0.05, 0) is 56.6 Å². The van der Waals surface area contributed by atoms with Gasteiger partial charge in [-0.1, -0.05) is 6.92 Å². The van der Waals surface area contributed by atoms with E-state index >= 15 is 0 Å². The Morgan fingerprint density at radius 1 is 1.67 bits per heavy atom. The molecule has 0 saturated carbocycles. The van der Waals surface area contributed by atoms with Gasteiger partial charge in [-0.25, -0.2) is 9.18 Å². The lowest BCUT2D eigenvalue weighted by molar-refractivity contribution is 0.0598. The van der Waals surface area contributed by atoms with Crippen LogP contribution in [0.3, 0.4) is 0 Å². The lowest BCUT2D eigenvalue weighted by Crippen LogP contribution is -2.07. The number of hydrogen-bond acceptors (Lipinski definition) is 2. The summed E-state index contributed by atoms with van der Waals surface area (Å²) < 4.78 is 19.2. The third-order valence-corrected chi connectivity index (χ3v) is 4.10. The first-order valence-electron chi connectivity index (χ1n) is 4.27. The third-order valence-electron chi connectivity index (χ3n) is 2.01. The van der Waals surface area contributed by atoms with E-state index in [0.29, 0.717) is 10.9 Å². The summed E-state index contributed by atoms with van der Waals surface area (Å²) in [4.78, 5) is 11.4. The molecule has 0 fully saturated rings. The van der Waals surface area contributed by atoms with Crippen molar-refractivity contribution < 1.29 is 13.9 Å². The van der Waals surface area contributed by atoms with Crippen LogP contribution in [-0.4, -0.2) is 13.1 Å². The van der Waals surface area contributed by atoms with Crippen molar-refractivity contribution in [2.45, 2.75) is 13.3 Å². The molecular formula is C10H9BrFIO2. The lowest BCUT2D eigenvalue weighted by Gasteiger charge is -2.10. The predicted molar refractivity (Wildman–Crippen MR) is 67.5 cm³/mol. The van der Waals surface area contributed by atoms with E-state index in [2.05, 4.69) is 20.7 Å². The van der Waals surface area contributed by atoms with Crippen LogP contribution in [0.5, 0.6) is 0 Å². The second-order valence-electron chi connectivity index (χ2n) is 2.86. The molecule has 0 saturated heterocycles. The third kappa shape index (κ3) is 2.50. The molecule has 0 aliphatic rings. The number of benzene rings is 1. The molecule has 15 heavy (non-hydrogen) atoms. The summed E-state index contributed by atoms with van der Waals surface area (Å²) in [6.45, 7) is 1.91. The summed E-state index contributed by atoms with van der Waals surface area (Å²) in [6.07, 6.45) is 0.653. The number of hydrogen-bond donors (Lipinski definition) is 0. The Labute approximate surface area is 109 Å². The van der Waals surface area contributed by atoms with Crippen molar-refractivity contribution in [2.75, 3.05) is 7.11 Å². The Balaban J connectivity index is 3.43. The SMILES string of the molecule is CCc1c(Br)c(F)cc(C(=O)OC)c1I. The van der Waals surface area contributed by atoms with Crippen molar-refractivity contribution in [3.05, 3.63) is 31.1 Å². The van der Waals surface area contributed by atoms with E-state index in [9.17, 15) is 9.18 Å².